The van der Waals surface area contributed by atoms with Gasteiger partial charge in [-0.3, -0.25) is 9.78 Å². The summed E-state index contributed by atoms with van der Waals surface area (Å²) in [5.74, 6) is 1.22. The highest BCUT2D eigenvalue weighted by molar-refractivity contribution is 7.99. The largest absolute Gasteiger partial charge is 0.481 e. The van der Waals surface area contributed by atoms with Gasteiger partial charge in [-0.15, -0.1) is 11.8 Å². The van der Waals surface area contributed by atoms with Crippen LogP contribution in [0.3, 0.4) is 0 Å². The Kier molecular flexibility index (Phi) is 7.08. The fourth-order valence-corrected chi connectivity index (χ4v) is 2.94. The minimum atomic E-state index is -0.623. The third-order valence-corrected chi connectivity index (χ3v) is 4.43. The van der Waals surface area contributed by atoms with Crippen molar-refractivity contribution in [2.45, 2.75) is 31.3 Å². The summed E-state index contributed by atoms with van der Waals surface area (Å²) in [6.45, 7) is 3.84. The van der Waals surface area contributed by atoms with E-state index < -0.39 is 6.10 Å². The Morgan fingerprint density at radius 1 is 1.42 bits per heavy atom. The van der Waals surface area contributed by atoms with Crippen molar-refractivity contribution in [2.75, 3.05) is 17.7 Å². The van der Waals surface area contributed by atoms with Crippen LogP contribution in [0.4, 0.5) is 5.69 Å². The number of aryl methyl sites for hydroxylation is 1. The SMILES string of the molecule is Cc1cccc(O[C@@H](C)C(=O)Nc2cnccc2SCCCO)c1. The average Bonchev–Trinajstić information content (AvgIpc) is 2.56. The van der Waals surface area contributed by atoms with Crippen molar-refractivity contribution < 1.29 is 14.6 Å². The van der Waals surface area contributed by atoms with Crippen LogP contribution in [0.1, 0.15) is 18.9 Å². The molecule has 0 saturated heterocycles. The minimum Gasteiger partial charge on any atom is -0.481 e. The Morgan fingerprint density at radius 2 is 2.25 bits per heavy atom. The van der Waals surface area contributed by atoms with E-state index in [1.54, 1.807) is 31.1 Å². The van der Waals surface area contributed by atoms with E-state index in [2.05, 4.69) is 10.3 Å². The van der Waals surface area contributed by atoms with Crippen molar-refractivity contribution in [3.05, 3.63) is 48.3 Å². The van der Waals surface area contributed by atoms with Crippen LogP contribution in [0, 0.1) is 6.92 Å². The van der Waals surface area contributed by atoms with Gasteiger partial charge in [0.15, 0.2) is 6.10 Å². The van der Waals surface area contributed by atoms with Crippen LogP contribution < -0.4 is 10.1 Å². The smallest absolute Gasteiger partial charge is 0.265 e. The lowest BCUT2D eigenvalue weighted by atomic mass is 10.2. The number of amides is 1. The number of carbonyl (C=O) groups excluding carboxylic acids is 1. The molecule has 24 heavy (non-hydrogen) atoms. The lowest BCUT2D eigenvalue weighted by Gasteiger charge is -2.16. The predicted molar refractivity (Wildman–Crippen MR) is 96.6 cm³/mol. The lowest BCUT2D eigenvalue weighted by Crippen LogP contribution is -2.30. The first-order chi connectivity index (χ1) is 11.6. The van der Waals surface area contributed by atoms with Gasteiger partial charge in [0.2, 0.25) is 0 Å². The molecule has 0 saturated carbocycles. The Labute approximate surface area is 146 Å². The highest BCUT2D eigenvalue weighted by Gasteiger charge is 2.16. The van der Waals surface area contributed by atoms with E-state index in [0.717, 1.165) is 16.2 Å². The molecule has 0 bridgehead atoms. The second kappa shape index (κ2) is 9.30. The van der Waals surface area contributed by atoms with Gasteiger partial charge in [0.25, 0.3) is 5.91 Å². The molecule has 5 nitrogen and oxygen atoms in total. The van der Waals surface area contributed by atoms with Gasteiger partial charge in [-0.2, -0.15) is 0 Å². The zero-order valence-corrected chi connectivity index (χ0v) is 14.7. The van der Waals surface area contributed by atoms with Crippen LogP contribution in [0.2, 0.25) is 0 Å². The number of rotatable bonds is 8. The number of carbonyl (C=O) groups is 1. The van der Waals surface area contributed by atoms with Crippen LogP contribution in [0.5, 0.6) is 5.75 Å². The van der Waals surface area contributed by atoms with Gasteiger partial charge >= 0.3 is 0 Å². The number of hydrogen-bond donors (Lipinski definition) is 2. The number of benzene rings is 1. The first-order valence-electron chi connectivity index (χ1n) is 7.82. The molecule has 0 unspecified atom stereocenters. The zero-order chi connectivity index (χ0) is 17.4. The minimum absolute atomic E-state index is 0.154. The molecule has 1 aromatic carbocycles. The number of hydrogen-bond acceptors (Lipinski definition) is 5. The number of ether oxygens (including phenoxy) is 1. The normalized spacial score (nSPS) is 11.8. The molecule has 6 heteroatoms. The molecule has 0 radical (unpaired) electrons. The van der Waals surface area contributed by atoms with Gasteiger partial charge < -0.3 is 15.2 Å². The molecule has 1 amide bonds. The van der Waals surface area contributed by atoms with Crippen LogP contribution >= 0.6 is 11.8 Å². The third kappa shape index (κ3) is 5.54. The Balaban J connectivity index is 1.98. The number of aliphatic hydroxyl groups excluding tert-OH is 1. The van der Waals surface area contributed by atoms with E-state index >= 15 is 0 Å². The van der Waals surface area contributed by atoms with Crippen LogP contribution in [-0.4, -0.2) is 34.5 Å². The number of nitrogens with zero attached hydrogens (tertiary/aromatic N) is 1. The quantitative estimate of drug-likeness (QED) is 0.567. The molecule has 1 atom stereocenters. The summed E-state index contributed by atoms with van der Waals surface area (Å²) in [5, 5.41) is 11.7. The van der Waals surface area contributed by atoms with Crippen molar-refractivity contribution >= 4 is 23.4 Å². The average molecular weight is 346 g/mol. The first kappa shape index (κ1) is 18.3. The number of pyridine rings is 1. The van der Waals surface area contributed by atoms with Gasteiger partial charge in [0.05, 0.1) is 11.9 Å². The van der Waals surface area contributed by atoms with Crippen molar-refractivity contribution in [3.8, 4) is 5.75 Å². The first-order valence-corrected chi connectivity index (χ1v) is 8.80. The molecule has 0 spiro atoms. The summed E-state index contributed by atoms with van der Waals surface area (Å²) in [6.07, 6.45) is 3.39. The molecule has 1 heterocycles. The molecule has 2 rings (SSSR count). The number of aromatic nitrogens is 1. The predicted octanol–water partition coefficient (Wildman–Crippen LogP) is 3.27. The van der Waals surface area contributed by atoms with Crippen molar-refractivity contribution in [1.29, 1.82) is 0 Å². The maximum absolute atomic E-state index is 12.4. The summed E-state index contributed by atoms with van der Waals surface area (Å²) in [7, 11) is 0. The number of thioether (sulfide) groups is 1. The highest BCUT2D eigenvalue weighted by atomic mass is 32.2. The van der Waals surface area contributed by atoms with Crippen LogP contribution in [-0.2, 0) is 4.79 Å². The Bertz CT molecular complexity index is 679. The topological polar surface area (TPSA) is 71.5 Å². The van der Waals surface area contributed by atoms with E-state index in [0.29, 0.717) is 17.9 Å². The highest BCUT2D eigenvalue weighted by Crippen LogP contribution is 2.27. The Morgan fingerprint density at radius 3 is 3.00 bits per heavy atom. The maximum atomic E-state index is 12.4. The monoisotopic (exact) mass is 346 g/mol. The fraction of sp³-hybridized carbons (Fsp3) is 0.333. The zero-order valence-electron chi connectivity index (χ0n) is 13.9. The fourth-order valence-electron chi connectivity index (χ4n) is 2.03. The number of aliphatic hydroxyl groups is 1. The van der Waals surface area contributed by atoms with E-state index in [4.69, 9.17) is 9.84 Å². The van der Waals surface area contributed by atoms with E-state index in [1.807, 2.05) is 37.3 Å². The number of nitrogens with one attached hydrogen (secondary N) is 1. The van der Waals surface area contributed by atoms with E-state index in [9.17, 15) is 4.79 Å². The second-order valence-corrected chi connectivity index (χ2v) is 6.50. The summed E-state index contributed by atoms with van der Waals surface area (Å²) in [4.78, 5) is 17.4. The maximum Gasteiger partial charge on any atom is 0.265 e. The summed E-state index contributed by atoms with van der Waals surface area (Å²) >= 11 is 1.58. The molecule has 0 aliphatic rings. The second-order valence-electron chi connectivity index (χ2n) is 5.36. The van der Waals surface area contributed by atoms with Gasteiger partial charge in [-0.1, -0.05) is 12.1 Å². The van der Waals surface area contributed by atoms with Crippen molar-refractivity contribution in [1.82, 2.24) is 4.98 Å². The number of anilines is 1. The molecule has 2 aromatic rings. The van der Waals surface area contributed by atoms with Gasteiger partial charge in [-0.05, 0) is 44.0 Å². The molecule has 1 aromatic heterocycles. The Hall–Kier alpha value is -2.05. The molecule has 0 fully saturated rings. The standard InChI is InChI=1S/C18H22N2O3S/c1-13-5-3-6-15(11-13)23-14(2)18(22)20-16-12-19-8-7-17(16)24-10-4-9-21/h3,5-8,11-12,14,21H,4,9-10H2,1-2H3,(H,20,22)/t14-/m0/s1. The van der Waals surface area contributed by atoms with Gasteiger partial charge in [0.1, 0.15) is 5.75 Å². The molecule has 128 valence electrons. The van der Waals surface area contributed by atoms with Gasteiger partial charge in [0, 0.05) is 23.5 Å². The lowest BCUT2D eigenvalue weighted by molar-refractivity contribution is -0.122. The van der Waals surface area contributed by atoms with Crippen LogP contribution in [0.15, 0.2) is 47.6 Å². The molecule has 0 aliphatic heterocycles. The molecular weight excluding hydrogens is 324 g/mol. The summed E-state index contributed by atoms with van der Waals surface area (Å²) in [5.41, 5.74) is 1.74. The van der Waals surface area contributed by atoms with Gasteiger partial charge in [-0.25, -0.2) is 0 Å². The van der Waals surface area contributed by atoms with E-state index in [-0.39, 0.29) is 12.5 Å². The third-order valence-electron chi connectivity index (χ3n) is 3.27. The molecule has 2 N–H and O–H groups in total. The molecule has 0 aliphatic carbocycles. The van der Waals surface area contributed by atoms with Crippen molar-refractivity contribution in [2.24, 2.45) is 0 Å². The van der Waals surface area contributed by atoms with Crippen molar-refractivity contribution in [3.63, 3.8) is 0 Å². The van der Waals surface area contributed by atoms with Crippen LogP contribution in [0.25, 0.3) is 0 Å². The van der Waals surface area contributed by atoms with E-state index in [1.165, 1.54) is 0 Å². The summed E-state index contributed by atoms with van der Waals surface area (Å²) in [6, 6.07) is 9.44. The molecular formula is C18H22N2O3S. The summed E-state index contributed by atoms with van der Waals surface area (Å²) < 4.78 is 5.70.